The van der Waals surface area contributed by atoms with E-state index in [0.717, 1.165) is 42.4 Å². The van der Waals surface area contributed by atoms with E-state index in [1.165, 1.54) is 5.56 Å². The van der Waals surface area contributed by atoms with E-state index < -0.39 is 0 Å². The first-order chi connectivity index (χ1) is 13.2. The number of para-hydroxylation sites is 1. The Morgan fingerprint density at radius 2 is 1.96 bits per heavy atom. The third-order valence-electron chi connectivity index (χ3n) is 5.24. The Morgan fingerprint density at radius 3 is 2.81 bits per heavy atom. The molecule has 27 heavy (non-hydrogen) atoms. The number of rotatable bonds is 5. The predicted molar refractivity (Wildman–Crippen MR) is 106 cm³/mol. The Kier molecular flexibility index (Phi) is 5.16. The van der Waals surface area contributed by atoms with Gasteiger partial charge in [0.25, 0.3) is 0 Å². The summed E-state index contributed by atoms with van der Waals surface area (Å²) in [6, 6.07) is 20.1. The molecule has 2 heterocycles. The zero-order valence-corrected chi connectivity index (χ0v) is 15.5. The number of ether oxygens (including phenoxy) is 1. The lowest BCUT2D eigenvalue weighted by Crippen LogP contribution is -2.37. The molecule has 2 aromatic carbocycles. The van der Waals surface area contributed by atoms with Crippen LogP contribution in [-0.2, 0) is 16.1 Å². The molecule has 0 saturated carbocycles. The Hall–Kier alpha value is -2.72. The molecule has 0 amide bonds. The summed E-state index contributed by atoms with van der Waals surface area (Å²) in [7, 11) is 0. The number of hydrogen-bond acceptors (Lipinski definition) is 4. The Balaban J connectivity index is 1.43. The molecule has 0 bridgehead atoms. The van der Waals surface area contributed by atoms with Crippen LogP contribution < -0.4 is 0 Å². The lowest BCUT2D eigenvalue weighted by atomic mass is 10.1. The highest BCUT2D eigenvalue weighted by Gasteiger charge is 2.32. The van der Waals surface area contributed by atoms with Gasteiger partial charge >= 0.3 is 5.97 Å². The van der Waals surface area contributed by atoms with Gasteiger partial charge < -0.3 is 4.74 Å². The lowest BCUT2D eigenvalue weighted by molar-refractivity contribution is -0.154. The number of benzene rings is 2. The van der Waals surface area contributed by atoms with Crippen LogP contribution >= 0.6 is 0 Å². The molecule has 138 valence electrons. The fraction of sp³-hybridized carbons (Fsp3) is 0.304. The zero-order valence-electron chi connectivity index (χ0n) is 15.5. The molecule has 0 N–H and O–H groups in total. The third kappa shape index (κ3) is 4.01. The summed E-state index contributed by atoms with van der Waals surface area (Å²) in [4.78, 5) is 19.5. The molecular formula is C23H24N2O2. The highest BCUT2D eigenvalue weighted by atomic mass is 16.5. The SMILES string of the molecule is CC(OC(=O)C1CCCN1Cc1ccccc1)c1cnc2ccccc2c1. The highest BCUT2D eigenvalue weighted by Crippen LogP contribution is 2.25. The molecule has 1 saturated heterocycles. The highest BCUT2D eigenvalue weighted by molar-refractivity contribution is 5.79. The summed E-state index contributed by atoms with van der Waals surface area (Å²) >= 11 is 0. The maximum absolute atomic E-state index is 12.8. The standard InChI is InChI=1S/C23H24N2O2/c1-17(20-14-19-10-5-6-11-21(19)24-15-20)27-23(26)22-12-7-13-25(22)16-18-8-3-2-4-9-18/h2-6,8-11,14-15,17,22H,7,12-13,16H2,1H3. The van der Waals surface area contributed by atoms with Gasteiger partial charge in [-0.3, -0.25) is 14.7 Å². The van der Waals surface area contributed by atoms with Crippen LogP contribution in [0.1, 0.15) is 37.0 Å². The normalized spacial score (nSPS) is 18.5. The number of aromatic nitrogens is 1. The van der Waals surface area contributed by atoms with Crippen LogP contribution in [0.2, 0.25) is 0 Å². The third-order valence-corrected chi connectivity index (χ3v) is 5.24. The van der Waals surface area contributed by atoms with Crippen LogP contribution in [0.4, 0.5) is 0 Å². The first-order valence-electron chi connectivity index (χ1n) is 9.54. The summed E-state index contributed by atoms with van der Waals surface area (Å²) in [5, 5.41) is 1.06. The van der Waals surface area contributed by atoms with Crippen LogP contribution in [0.5, 0.6) is 0 Å². The molecule has 0 aliphatic carbocycles. The minimum atomic E-state index is -0.311. The Bertz CT molecular complexity index is 926. The van der Waals surface area contributed by atoms with Crippen molar-refractivity contribution in [1.82, 2.24) is 9.88 Å². The van der Waals surface area contributed by atoms with E-state index in [9.17, 15) is 4.79 Å². The average Bonchev–Trinajstić information content (AvgIpc) is 3.16. The van der Waals surface area contributed by atoms with Crippen molar-refractivity contribution in [3.05, 3.63) is 78.0 Å². The fourth-order valence-electron chi connectivity index (χ4n) is 3.73. The van der Waals surface area contributed by atoms with E-state index in [1.54, 1.807) is 6.20 Å². The van der Waals surface area contributed by atoms with Crippen LogP contribution in [0.25, 0.3) is 10.9 Å². The largest absolute Gasteiger partial charge is 0.457 e. The number of nitrogens with zero attached hydrogens (tertiary/aromatic N) is 2. The smallest absolute Gasteiger partial charge is 0.323 e. The minimum Gasteiger partial charge on any atom is -0.457 e. The number of likely N-dealkylation sites (tertiary alicyclic amines) is 1. The van der Waals surface area contributed by atoms with E-state index in [4.69, 9.17) is 4.74 Å². The molecule has 1 fully saturated rings. The molecule has 3 aromatic rings. The van der Waals surface area contributed by atoms with Gasteiger partial charge in [-0.2, -0.15) is 0 Å². The average molecular weight is 360 g/mol. The number of hydrogen-bond donors (Lipinski definition) is 0. The van der Waals surface area contributed by atoms with Crippen LogP contribution in [0.15, 0.2) is 66.9 Å². The Morgan fingerprint density at radius 1 is 1.19 bits per heavy atom. The second-order valence-electron chi connectivity index (χ2n) is 7.15. The summed E-state index contributed by atoms with van der Waals surface area (Å²) < 4.78 is 5.82. The van der Waals surface area contributed by atoms with Crippen molar-refractivity contribution < 1.29 is 9.53 Å². The molecule has 4 nitrogen and oxygen atoms in total. The molecule has 4 rings (SSSR count). The van der Waals surface area contributed by atoms with E-state index in [-0.39, 0.29) is 18.1 Å². The van der Waals surface area contributed by atoms with Crippen molar-refractivity contribution in [2.45, 2.75) is 38.5 Å². The van der Waals surface area contributed by atoms with Gasteiger partial charge in [0.2, 0.25) is 0 Å². The van der Waals surface area contributed by atoms with Gasteiger partial charge in [-0.15, -0.1) is 0 Å². The maximum atomic E-state index is 12.8. The predicted octanol–water partition coefficient (Wildman–Crippen LogP) is 4.50. The summed E-state index contributed by atoms with van der Waals surface area (Å²) in [5.74, 6) is -0.135. The first kappa shape index (κ1) is 17.7. The maximum Gasteiger partial charge on any atom is 0.323 e. The second-order valence-corrected chi connectivity index (χ2v) is 7.15. The lowest BCUT2D eigenvalue weighted by Gasteiger charge is -2.24. The van der Waals surface area contributed by atoms with Gasteiger partial charge in [-0.25, -0.2) is 0 Å². The van der Waals surface area contributed by atoms with Crippen molar-refractivity contribution in [2.75, 3.05) is 6.54 Å². The Labute approximate surface area is 159 Å². The topological polar surface area (TPSA) is 42.4 Å². The van der Waals surface area contributed by atoms with Gasteiger partial charge in [0.15, 0.2) is 0 Å². The van der Waals surface area contributed by atoms with Gasteiger partial charge in [-0.05, 0) is 44.0 Å². The number of esters is 1. The molecule has 2 unspecified atom stereocenters. The molecule has 1 aliphatic rings. The molecular weight excluding hydrogens is 336 g/mol. The number of carbonyl (C=O) groups is 1. The van der Waals surface area contributed by atoms with Crippen LogP contribution in [-0.4, -0.2) is 28.4 Å². The number of carbonyl (C=O) groups excluding carboxylic acids is 1. The first-order valence-corrected chi connectivity index (χ1v) is 9.54. The summed E-state index contributed by atoms with van der Waals surface area (Å²) in [5.41, 5.74) is 3.10. The minimum absolute atomic E-state index is 0.135. The van der Waals surface area contributed by atoms with Crippen molar-refractivity contribution in [2.24, 2.45) is 0 Å². The van der Waals surface area contributed by atoms with Crippen LogP contribution in [0, 0.1) is 0 Å². The van der Waals surface area contributed by atoms with E-state index in [2.05, 4.69) is 28.1 Å². The van der Waals surface area contributed by atoms with Gasteiger partial charge in [-0.1, -0.05) is 48.5 Å². The van der Waals surface area contributed by atoms with Gasteiger partial charge in [0.05, 0.1) is 5.52 Å². The van der Waals surface area contributed by atoms with Crippen molar-refractivity contribution >= 4 is 16.9 Å². The monoisotopic (exact) mass is 360 g/mol. The molecule has 0 spiro atoms. The molecule has 1 aromatic heterocycles. The van der Waals surface area contributed by atoms with E-state index >= 15 is 0 Å². The summed E-state index contributed by atoms with van der Waals surface area (Å²) in [6.07, 6.45) is 3.37. The van der Waals surface area contributed by atoms with Crippen molar-refractivity contribution in [3.8, 4) is 0 Å². The second kappa shape index (κ2) is 7.89. The molecule has 2 atom stereocenters. The van der Waals surface area contributed by atoms with E-state index in [0.29, 0.717) is 0 Å². The van der Waals surface area contributed by atoms with Crippen molar-refractivity contribution in [3.63, 3.8) is 0 Å². The van der Waals surface area contributed by atoms with Crippen LogP contribution in [0.3, 0.4) is 0 Å². The fourth-order valence-corrected chi connectivity index (χ4v) is 3.73. The number of pyridine rings is 1. The van der Waals surface area contributed by atoms with E-state index in [1.807, 2.05) is 49.4 Å². The van der Waals surface area contributed by atoms with Gasteiger partial charge in [0.1, 0.15) is 12.1 Å². The zero-order chi connectivity index (χ0) is 18.6. The molecule has 1 aliphatic heterocycles. The summed E-state index contributed by atoms with van der Waals surface area (Å²) in [6.45, 7) is 3.63. The quantitative estimate of drug-likeness (QED) is 0.628. The van der Waals surface area contributed by atoms with Crippen molar-refractivity contribution in [1.29, 1.82) is 0 Å². The van der Waals surface area contributed by atoms with Gasteiger partial charge in [0, 0.05) is 23.7 Å². The molecule has 0 radical (unpaired) electrons. The molecule has 4 heteroatoms. The number of fused-ring (bicyclic) bond motifs is 1.